The van der Waals surface area contributed by atoms with Crippen LogP contribution in [0.4, 0.5) is 0 Å². The van der Waals surface area contributed by atoms with Gasteiger partial charge < -0.3 is 9.63 Å². The lowest BCUT2D eigenvalue weighted by Gasteiger charge is -2.34. The SMILES string of the molecule is Cc1cc([C@@H]2CCCCN2Cc2cn[nH]c2C(=O)O)no1. The van der Waals surface area contributed by atoms with Crippen molar-refractivity contribution in [1.29, 1.82) is 0 Å². The minimum absolute atomic E-state index is 0.163. The fourth-order valence-corrected chi connectivity index (χ4v) is 2.89. The van der Waals surface area contributed by atoms with Gasteiger partial charge in [0, 0.05) is 18.2 Å². The molecule has 3 rings (SSSR count). The zero-order chi connectivity index (χ0) is 14.8. The highest BCUT2D eigenvalue weighted by Crippen LogP contribution is 2.32. The number of aromatic nitrogens is 3. The zero-order valence-corrected chi connectivity index (χ0v) is 11.9. The Labute approximate surface area is 121 Å². The maximum atomic E-state index is 11.2. The van der Waals surface area contributed by atoms with Crippen LogP contribution in [0.25, 0.3) is 0 Å². The highest BCUT2D eigenvalue weighted by molar-refractivity contribution is 5.86. The summed E-state index contributed by atoms with van der Waals surface area (Å²) in [7, 11) is 0. The Bertz CT molecular complexity index is 634. The zero-order valence-electron chi connectivity index (χ0n) is 11.9. The molecule has 7 nitrogen and oxygen atoms in total. The number of aromatic amines is 1. The Morgan fingerprint density at radius 1 is 1.57 bits per heavy atom. The van der Waals surface area contributed by atoms with Crippen LogP contribution in [0.2, 0.25) is 0 Å². The molecular weight excluding hydrogens is 272 g/mol. The first-order valence-corrected chi connectivity index (χ1v) is 7.08. The van der Waals surface area contributed by atoms with Crippen LogP contribution in [0.5, 0.6) is 0 Å². The monoisotopic (exact) mass is 290 g/mol. The quantitative estimate of drug-likeness (QED) is 0.895. The van der Waals surface area contributed by atoms with Crippen LogP contribution in [0, 0.1) is 6.92 Å². The topological polar surface area (TPSA) is 95.2 Å². The second-order valence-corrected chi connectivity index (χ2v) is 5.42. The van der Waals surface area contributed by atoms with Crippen LogP contribution in [0.3, 0.4) is 0 Å². The van der Waals surface area contributed by atoms with Crippen LogP contribution < -0.4 is 0 Å². The molecule has 0 spiro atoms. The van der Waals surface area contributed by atoms with Crippen molar-refractivity contribution in [3.8, 4) is 0 Å². The van der Waals surface area contributed by atoms with Gasteiger partial charge in [0.1, 0.15) is 17.1 Å². The van der Waals surface area contributed by atoms with Gasteiger partial charge in [0.05, 0.1) is 12.2 Å². The molecule has 21 heavy (non-hydrogen) atoms. The predicted molar refractivity (Wildman–Crippen MR) is 73.8 cm³/mol. The number of rotatable bonds is 4. The molecule has 7 heteroatoms. The number of aryl methyl sites for hydroxylation is 1. The Hall–Kier alpha value is -2.15. The molecule has 0 bridgehead atoms. The van der Waals surface area contributed by atoms with E-state index in [4.69, 9.17) is 9.63 Å². The second-order valence-electron chi connectivity index (χ2n) is 5.42. The fourth-order valence-electron chi connectivity index (χ4n) is 2.89. The molecule has 0 aromatic carbocycles. The van der Waals surface area contributed by atoms with Crippen molar-refractivity contribution in [3.05, 3.63) is 35.0 Å². The van der Waals surface area contributed by atoms with E-state index in [0.29, 0.717) is 12.1 Å². The highest BCUT2D eigenvalue weighted by Gasteiger charge is 2.28. The number of hydrogen-bond donors (Lipinski definition) is 2. The van der Waals surface area contributed by atoms with E-state index in [1.165, 1.54) is 0 Å². The minimum Gasteiger partial charge on any atom is -0.477 e. The van der Waals surface area contributed by atoms with Crippen molar-refractivity contribution in [2.45, 2.75) is 38.8 Å². The molecular formula is C14H18N4O3. The number of carboxylic acids is 1. The summed E-state index contributed by atoms with van der Waals surface area (Å²) in [5, 5.41) is 19.7. The van der Waals surface area contributed by atoms with Gasteiger partial charge in [-0.1, -0.05) is 11.6 Å². The second kappa shape index (κ2) is 5.69. The lowest BCUT2D eigenvalue weighted by atomic mass is 9.98. The normalized spacial score (nSPS) is 19.8. The maximum Gasteiger partial charge on any atom is 0.354 e. The van der Waals surface area contributed by atoms with Gasteiger partial charge >= 0.3 is 5.97 Å². The summed E-state index contributed by atoms with van der Waals surface area (Å²) < 4.78 is 5.17. The molecule has 3 heterocycles. The number of carboxylic acid groups (broad SMARTS) is 1. The van der Waals surface area contributed by atoms with Crippen molar-refractivity contribution >= 4 is 5.97 Å². The van der Waals surface area contributed by atoms with Gasteiger partial charge in [-0.2, -0.15) is 5.10 Å². The van der Waals surface area contributed by atoms with Gasteiger partial charge in [0.25, 0.3) is 0 Å². The summed E-state index contributed by atoms with van der Waals surface area (Å²) in [6.45, 7) is 3.35. The first-order valence-electron chi connectivity index (χ1n) is 7.08. The average Bonchev–Trinajstić information content (AvgIpc) is 3.08. The van der Waals surface area contributed by atoms with Gasteiger partial charge in [-0.15, -0.1) is 0 Å². The number of piperidine rings is 1. The van der Waals surface area contributed by atoms with Crippen LogP contribution in [0.15, 0.2) is 16.8 Å². The van der Waals surface area contributed by atoms with Gasteiger partial charge in [-0.05, 0) is 26.3 Å². The summed E-state index contributed by atoms with van der Waals surface area (Å²) in [5.41, 5.74) is 1.79. The van der Waals surface area contributed by atoms with Crippen LogP contribution >= 0.6 is 0 Å². The molecule has 0 radical (unpaired) electrons. The van der Waals surface area contributed by atoms with Gasteiger partial charge in [-0.25, -0.2) is 4.79 Å². The van der Waals surface area contributed by atoms with Gasteiger partial charge in [0.15, 0.2) is 0 Å². The summed E-state index contributed by atoms with van der Waals surface area (Å²) in [5.74, 6) is -0.182. The first-order chi connectivity index (χ1) is 10.1. The smallest absolute Gasteiger partial charge is 0.354 e. The summed E-state index contributed by atoms with van der Waals surface area (Å²) >= 11 is 0. The van der Waals surface area contributed by atoms with Crippen molar-refractivity contribution in [2.75, 3.05) is 6.54 Å². The summed E-state index contributed by atoms with van der Waals surface area (Å²) in [6, 6.07) is 2.13. The molecule has 0 aliphatic carbocycles. The number of H-pyrrole nitrogens is 1. The number of nitrogens with one attached hydrogen (secondary N) is 1. The molecule has 2 N–H and O–H groups in total. The summed E-state index contributed by atoms with van der Waals surface area (Å²) in [6.07, 6.45) is 4.84. The van der Waals surface area contributed by atoms with E-state index in [9.17, 15) is 4.79 Å². The van der Waals surface area contributed by atoms with Crippen molar-refractivity contribution in [3.63, 3.8) is 0 Å². The lowest BCUT2D eigenvalue weighted by molar-refractivity contribution is 0.0685. The Morgan fingerprint density at radius 2 is 2.43 bits per heavy atom. The van der Waals surface area contributed by atoms with Crippen LogP contribution in [0.1, 0.15) is 52.8 Å². The molecule has 1 saturated heterocycles. The Morgan fingerprint density at radius 3 is 3.14 bits per heavy atom. The van der Waals surface area contributed by atoms with Crippen molar-refractivity contribution in [2.24, 2.45) is 0 Å². The van der Waals surface area contributed by atoms with E-state index < -0.39 is 5.97 Å². The fraction of sp³-hybridized carbons (Fsp3) is 0.500. The van der Waals surface area contributed by atoms with E-state index >= 15 is 0 Å². The molecule has 2 aromatic rings. The summed E-state index contributed by atoms with van der Waals surface area (Å²) in [4.78, 5) is 13.4. The standard InChI is InChI=1S/C14H18N4O3/c1-9-6-11(17-21-9)12-4-2-3-5-18(12)8-10-7-15-16-13(10)14(19)20/h6-7,12H,2-5,8H2,1H3,(H,15,16)(H,19,20)/t12-/m0/s1. The van der Waals surface area contributed by atoms with E-state index in [1.54, 1.807) is 6.20 Å². The van der Waals surface area contributed by atoms with E-state index in [1.807, 2.05) is 13.0 Å². The molecule has 0 unspecified atom stereocenters. The molecule has 112 valence electrons. The van der Waals surface area contributed by atoms with Crippen LogP contribution in [-0.2, 0) is 6.54 Å². The lowest BCUT2D eigenvalue weighted by Crippen LogP contribution is -2.33. The van der Waals surface area contributed by atoms with Crippen LogP contribution in [-0.4, -0.2) is 37.9 Å². The number of nitrogens with zero attached hydrogens (tertiary/aromatic N) is 3. The Kier molecular flexibility index (Phi) is 3.74. The maximum absolute atomic E-state index is 11.2. The van der Waals surface area contributed by atoms with E-state index in [-0.39, 0.29) is 11.7 Å². The molecule has 1 aliphatic heterocycles. The van der Waals surface area contributed by atoms with E-state index in [2.05, 4.69) is 20.3 Å². The predicted octanol–water partition coefficient (Wildman–Crippen LogP) is 2.13. The highest BCUT2D eigenvalue weighted by atomic mass is 16.5. The van der Waals surface area contributed by atoms with Crippen molar-refractivity contribution in [1.82, 2.24) is 20.3 Å². The molecule has 1 aliphatic rings. The number of likely N-dealkylation sites (tertiary alicyclic amines) is 1. The third-order valence-corrected chi connectivity index (χ3v) is 3.91. The number of hydrogen-bond acceptors (Lipinski definition) is 5. The van der Waals surface area contributed by atoms with Gasteiger partial charge in [0.2, 0.25) is 0 Å². The number of aromatic carboxylic acids is 1. The molecule has 1 atom stereocenters. The molecule has 0 amide bonds. The minimum atomic E-state index is -0.978. The molecule has 0 saturated carbocycles. The van der Waals surface area contributed by atoms with Gasteiger partial charge in [-0.3, -0.25) is 10.00 Å². The molecule has 1 fully saturated rings. The number of carbonyl (C=O) groups is 1. The van der Waals surface area contributed by atoms with Crippen molar-refractivity contribution < 1.29 is 14.4 Å². The molecule has 2 aromatic heterocycles. The first kappa shape index (κ1) is 13.8. The Balaban J connectivity index is 1.81. The third-order valence-electron chi connectivity index (χ3n) is 3.91. The third kappa shape index (κ3) is 2.82. The van der Waals surface area contributed by atoms with E-state index in [0.717, 1.165) is 37.3 Å². The average molecular weight is 290 g/mol. The largest absolute Gasteiger partial charge is 0.477 e.